The molecule has 0 atom stereocenters. The largest absolute Gasteiger partial charge is 0.492 e. The van der Waals surface area contributed by atoms with Crippen LogP contribution in [-0.4, -0.2) is 45.2 Å². The van der Waals surface area contributed by atoms with Crippen molar-refractivity contribution in [3.63, 3.8) is 0 Å². The number of piperidine rings is 1. The molecule has 1 aliphatic heterocycles. The molecule has 0 spiro atoms. The van der Waals surface area contributed by atoms with Crippen LogP contribution >= 0.6 is 0 Å². The number of hydrogen-bond donors (Lipinski definition) is 0. The highest BCUT2D eigenvalue weighted by Gasteiger charge is 2.10. The average Bonchev–Trinajstić information content (AvgIpc) is 3.15. The molecule has 4 nitrogen and oxygen atoms in total. The summed E-state index contributed by atoms with van der Waals surface area (Å²) in [6.07, 6.45) is 8.09. The van der Waals surface area contributed by atoms with Gasteiger partial charge in [0.2, 0.25) is 0 Å². The summed E-state index contributed by atoms with van der Waals surface area (Å²) in [5, 5.41) is 1.09. The quantitative estimate of drug-likeness (QED) is 0.530. The second-order valence-corrected chi connectivity index (χ2v) is 7.92. The molecule has 0 N–H and O–H groups in total. The standard InChI is InChI=1S/C25H30N2O2/c1-26(2)22-10-6-20(7-11-22)8-12-24-18-21-9-13-23(19-25(21)29-24)28-17-16-27-14-4-3-5-15-27/h6-13,18-19H,3-5,14-17H2,1-2H3. The molecule has 0 amide bonds. The van der Waals surface area contributed by atoms with Gasteiger partial charge in [0.1, 0.15) is 23.7 Å². The number of rotatable bonds is 7. The molecule has 152 valence electrons. The summed E-state index contributed by atoms with van der Waals surface area (Å²) >= 11 is 0. The van der Waals surface area contributed by atoms with E-state index in [1.165, 1.54) is 38.0 Å². The number of fused-ring (bicyclic) bond motifs is 1. The highest BCUT2D eigenvalue weighted by molar-refractivity contribution is 5.83. The summed E-state index contributed by atoms with van der Waals surface area (Å²) in [5.41, 5.74) is 3.21. The molecular formula is C25H30N2O2. The van der Waals surface area contributed by atoms with Crippen LogP contribution in [0.15, 0.2) is 52.9 Å². The molecule has 0 bridgehead atoms. The lowest BCUT2D eigenvalue weighted by Gasteiger charge is -2.26. The Kier molecular flexibility index (Phi) is 6.20. The third kappa shape index (κ3) is 5.21. The Morgan fingerprint density at radius 1 is 0.966 bits per heavy atom. The minimum absolute atomic E-state index is 0.724. The Morgan fingerprint density at radius 3 is 2.52 bits per heavy atom. The van der Waals surface area contributed by atoms with Crippen LogP contribution < -0.4 is 9.64 Å². The Bertz CT molecular complexity index is 951. The van der Waals surface area contributed by atoms with Crippen LogP contribution in [0.2, 0.25) is 0 Å². The fourth-order valence-electron chi connectivity index (χ4n) is 3.74. The molecule has 1 aliphatic rings. The summed E-state index contributed by atoms with van der Waals surface area (Å²) < 4.78 is 12.0. The second-order valence-electron chi connectivity index (χ2n) is 7.92. The van der Waals surface area contributed by atoms with E-state index in [1.54, 1.807) is 0 Å². The summed E-state index contributed by atoms with van der Waals surface area (Å²) in [7, 11) is 4.09. The molecule has 1 fully saturated rings. The van der Waals surface area contributed by atoms with Gasteiger partial charge >= 0.3 is 0 Å². The minimum atomic E-state index is 0.724. The molecule has 1 saturated heterocycles. The monoisotopic (exact) mass is 390 g/mol. The maximum absolute atomic E-state index is 6.00. The summed E-state index contributed by atoms with van der Waals surface area (Å²) in [6, 6.07) is 16.6. The third-order valence-corrected chi connectivity index (χ3v) is 5.49. The number of anilines is 1. The molecule has 2 heterocycles. The van der Waals surface area contributed by atoms with E-state index in [1.807, 2.05) is 32.3 Å². The molecule has 2 aromatic carbocycles. The molecule has 0 unspecified atom stereocenters. The van der Waals surface area contributed by atoms with Gasteiger partial charge in [-0.25, -0.2) is 0 Å². The van der Waals surface area contributed by atoms with Crippen LogP contribution in [0.1, 0.15) is 30.6 Å². The zero-order chi connectivity index (χ0) is 20.1. The fourth-order valence-corrected chi connectivity index (χ4v) is 3.74. The number of furan rings is 1. The van der Waals surface area contributed by atoms with E-state index in [-0.39, 0.29) is 0 Å². The third-order valence-electron chi connectivity index (χ3n) is 5.49. The van der Waals surface area contributed by atoms with Crippen LogP contribution in [0.4, 0.5) is 5.69 Å². The average molecular weight is 391 g/mol. The van der Waals surface area contributed by atoms with Crippen molar-refractivity contribution in [3.8, 4) is 5.75 Å². The lowest BCUT2D eigenvalue weighted by Crippen LogP contribution is -2.33. The highest BCUT2D eigenvalue weighted by atomic mass is 16.5. The Hall–Kier alpha value is -2.72. The van der Waals surface area contributed by atoms with E-state index < -0.39 is 0 Å². The van der Waals surface area contributed by atoms with Gasteiger partial charge < -0.3 is 14.1 Å². The van der Waals surface area contributed by atoms with E-state index >= 15 is 0 Å². The zero-order valence-corrected chi connectivity index (χ0v) is 17.4. The van der Waals surface area contributed by atoms with Gasteiger partial charge in [0.15, 0.2) is 0 Å². The number of ether oxygens (including phenoxy) is 1. The van der Waals surface area contributed by atoms with Crippen molar-refractivity contribution in [1.82, 2.24) is 4.90 Å². The van der Waals surface area contributed by atoms with Crippen LogP contribution in [0, 0.1) is 0 Å². The van der Waals surface area contributed by atoms with Gasteiger partial charge in [0.05, 0.1) is 0 Å². The minimum Gasteiger partial charge on any atom is -0.492 e. The number of benzene rings is 2. The van der Waals surface area contributed by atoms with Crippen LogP contribution in [0.25, 0.3) is 23.1 Å². The van der Waals surface area contributed by atoms with E-state index in [0.717, 1.165) is 41.2 Å². The fraction of sp³-hybridized carbons (Fsp3) is 0.360. The smallest absolute Gasteiger partial charge is 0.138 e. The predicted molar refractivity (Wildman–Crippen MR) is 122 cm³/mol. The van der Waals surface area contributed by atoms with Crippen molar-refractivity contribution in [1.29, 1.82) is 0 Å². The van der Waals surface area contributed by atoms with Gasteiger partial charge in [-0.05, 0) is 67.9 Å². The Morgan fingerprint density at radius 2 is 1.76 bits per heavy atom. The normalized spacial score (nSPS) is 15.2. The second kappa shape index (κ2) is 9.19. The van der Waals surface area contributed by atoms with E-state index in [4.69, 9.17) is 9.15 Å². The Balaban J connectivity index is 1.37. The predicted octanol–water partition coefficient (Wildman–Crippen LogP) is 5.53. The lowest BCUT2D eigenvalue weighted by atomic mass is 10.1. The van der Waals surface area contributed by atoms with Crippen LogP contribution in [-0.2, 0) is 0 Å². The molecule has 0 radical (unpaired) electrons. The molecule has 3 aromatic rings. The van der Waals surface area contributed by atoms with Gasteiger partial charge in [-0.15, -0.1) is 0 Å². The zero-order valence-electron chi connectivity index (χ0n) is 17.4. The van der Waals surface area contributed by atoms with Gasteiger partial charge in [-0.2, -0.15) is 0 Å². The van der Waals surface area contributed by atoms with Gasteiger partial charge in [0, 0.05) is 37.8 Å². The lowest BCUT2D eigenvalue weighted by molar-refractivity contribution is 0.183. The number of likely N-dealkylation sites (tertiary alicyclic amines) is 1. The molecule has 0 aliphatic carbocycles. The maximum atomic E-state index is 6.00. The first-order chi connectivity index (χ1) is 14.2. The van der Waals surface area contributed by atoms with Crippen molar-refractivity contribution in [2.75, 3.05) is 45.2 Å². The SMILES string of the molecule is CN(C)c1ccc(C=Cc2cc3ccc(OCCN4CCCCC4)cc3o2)cc1. The first kappa shape index (κ1) is 19.6. The van der Waals surface area contributed by atoms with Crippen molar-refractivity contribution >= 4 is 28.8 Å². The summed E-state index contributed by atoms with van der Waals surface area (Å²) in [5.74, 6) is 1.72. The summed E-state index contributed by atoms with van der Waals surface area (Å²) in [4.78, 5) is 4.59. The van der Waals surface area contributed by atoms with Crippen LogP contribution in [0.5, 0.6) is 5.75 Å². The molecule has 1 aromatic heterocycles. The van der Waals surface area contributed by atoms with E-state index in [2.05, 4.69) is 52.3 Å². The molecule has 4 rings (SSSR count). The first-order valence-corrected chi connectivity index (χ1v) is 10.5. The van der Waals surface area contributed by atoms with Gasteiger partial charge in [-0.3, -0.25) is 4.90 Å². The van der Waals surface area contributed by atoms with Crippen LogP contribution in [0.3, 0.4) is 0 Å². The number of hydrogen-bond acceptors (Lipinski definition) is 4. The molecule has 29 heavy (non-hydrogen) atoms. The number of nitrogens with zero attached hydrogens (tertiary/aromatic N) is 2. The van der Waals surface area contributed by atoms with Crippen molar-refractivity contribution in [2.45, 2.75) is 19.3 Å². The van der Waals surface area contributed by atoms with Crippen molar-refractivity contribution < 1.29 is 9.15 Å². The van der Waals surface area contributed by atoms with Gasteiger partial charge in [-0.1, -0.05) is 24.6 Å². The molecule has 0 saturated carbocycles. The topological polar surface area (TPSA) is 28.9 Å². The molecular weight excluding hydrogens is 360 g/mol. The van der Waals surface area contributed by atoms with E-state index in [9.17, 15) is 0 Å². The van der Waals surface area contributed by atoms with E-state index in [0.29, 0.717) is 0 Å². The van der Waals surface area contributed by atoms with Crippen molar-refractivity contribution in [3.05, 3.63) is 59.9 Å². The summed E-state index contributed by atoms with van der Waals surface area (Å²) in [6.45, 7) is 4.13. The first-order valence-electron chi connectivity index (χ1n) is 10.5. The molecule has 4 heteroatoms. The van der Waals surface area contributed by atoms with Gasteiger partial charge in [0.25, 0.3) is 0 Å². The maximum Gasteiger partial charge on any atom is 0.138 e. The van der Waals surface area contributed by atoms with Crippen molar-refractivity contribution in [2.24, 2.45) is 0 Å². The highest BCUT2D eigenvalue weighted by Crippen LogP contribution is 2.26. The Labute approximate surface area is 173 Å².